The molecule has 0 saturated carbocycles. The molecule has 4 amide bonds. The van der Waals surface area contributed by atoms with Gasteiger partial charge < -0.3 is 40.6 Å². The fourth-order valence-corrected chi connectivity index (χ4v) is 4.85. The molecule has 3 aromatic rings. The lowest BCUT2D eigenvalue weighted by molar-refractivity contribution is -0.132. The number of phenolic OH excluding ortho intramolecular Hbond substituents is 1. The van der Waals surface area contributed by atoms with Crippen LogP contribution in [0.2, 0.25) is 0 Å². The number of hydrogen-bond donors (Lipinski definition) is 5. The smallest absolute Gasteiger partial charge is 0.255 e. The summed E-state index contributed by atoms with van der Waals surface area (Å²) in [6, 6.07) is 13.4. The first-order chi connectivity index (χ1) is 21.5. The van der Waals surface area contributed by atoms with Crippen LogP contribution in [0.15, 0.2) is 60.7 Å². The third kappa shape index (κ3) is 8.02. The molecule has 0 radical (unpaired) electrons. The lowest BCUT2D eigenvalue weighted by Crippen LogP contribution is -2.57. The van der Waals surface area contributed by atoms with E-state index < -0.39 is 41.8 Å². The fourth-order valence-electron chi connectivity index (χ4n) is 4.85. The Morgan fingerprint density at radius 2 is 1.67 bits per heavy atom. The molecule has 0 aromatic heterocycles. The number of phenols is 1. The third-order valence-electron chi connectivity index (χ3n) is 7.37. The van der Waals surface area contributed by atoms with Gasteiger partial charge in [0, 0.05) is 18.5 Å². The maximum Gasteiger partial charge on any atom is 0.255 e. The van der Waals surface area contributed by atoms with E-state index in [2.05, 4.69) is 21.3 Å². The molecule has 12 heteroatoms. The average Bonchev–Trinajstić information content (AvgIpc) is 3.02. The Labute approximate surface area is 261 Å². The number of carbonyl (C=O) groups excluding carboxylic acids is 4. The molecule has 0 aliphatic carbocycles. The van der Waals surface area contributed by atoms with Gasteiger partial charge in [-0.15, -0.1) is 0 Å². The van der Waals surface area contributed by atoms with Gasteiger partial charge in [-0.3, -0.25) is 19.2 Å². The van der Waals surface area contributed by atoms with Crippen LogP contribution in [-0.4, -0.2) is 61.1 Å². The van der Waals surface area contributed by atoms with E-state index in [1.54, 1.807) is 56.3 Å². The molecule has 0 spiro atoms. The molecule has 2 aliphatic heterocycles. The van der Waals surface area contributed by atoms with E-state index in [0.29, 0.717) is 28.6 Å². The highest BCUT2D eigenvalue weighted by molar-refractivity contribution is 6.00. The van der Waals surface area contributed by atoms with Crippen molar-refractivity contribution in [1.82, 2.24) is 21.3 Å². The van der Waals surface area contributed by atoms with E-state index in [4.69, 9.17) is 14.2 Å². The van der Waals surface area contributed by atoms with Gasteiger partial charge in [-0.2, -0.15) is 0 Å². The van der Waals surface area contributed by atoms with Gasteiger partial charge in [-0.25, -0.2) is 0 Å². The monoisotopic (exact) mass is 618 g/mol. The normalized spacial score (nSPS) is 18.9. The molecule has 238 valence electrons. The Morgan fingerprint density at radius 3 is 2.33 bits per heavy atom. The number of nitrogens with one attached hydrogen (secondary N) is 4. The summed E-state index contributed by atoms with van der Waals surface area (Å²) < 4.78 is 16.7. The van der Waals surface area contributed by atoms with Crippen molar-refractivity contribution in [3.05, 3.63) is 77.4 Å². The first kappa shape index (κ1) is 32.6. The third-order valence-corrected chi connectivity index (χ3v) is 7.37. The molecular weight excluding hydrogens is 580 g/mol. The number of benzene rings is 3. The van der Waals surface area contributed by atoms with Gasteiger partial charge >= 0.3 is 0 Å². The lowest BCUT2D eigenvalue weighted by Gasteiger charge is -2.25. The lowest BCUT2D eigenvalue weighted by atomic mass is 10.0. The van der Waals surface area contributed by atoms with Crippen LogP contribution in [-0.2, 0) is 27.3 Å². The van der Waals surface area contributed by atoms with Crippen molar-refractivity contribution < 1.29 is 38.5 Å². The van der Waals surface area contributed by atoms with Gasteiger partial charge in [0.2, 0.25) is 17.7 Å². The zero-order valence-electron chi connectivity index (χ0n) is 25.8. The number of fused-ring (bicyclic) bond motifs is 11. The van der Waals surface area contributed by atoms with Crippen molar-refractivity contribution in [2.75, 3.05) is 14.2 Å². The summed E-state index contributed by atoms with van der Waals surface area (Å²) in [4.78, 5) is 53.2. The fraction of sp³-hybridized carbons (Fsp3) is 0.333. The molecule has 0 unspecified atom stereocenters. The Hall–Kier alpha value is -5.26. The number of rotatable bonds is 6. The quantitative estimate of drug-likeness (QED) is 0.263. The molecule has 3 aromatic carbocycles. The zero-order chi connectivity index (χ0) is 32.7. The minimum absolute atomic E-state index is 0.0742. The maximum atomic E-state index is 13.5. The van der Waals surface area contributed by atoms with Crippen LogP contribution < -0.4 is 35.5 Å². The highest BCUT2D eigenvalue weighted by Crippen LogP contribution is 2.31. The van der Waals surface area contributed by atoms with Crippen molar-refractivity contribution in [3.63, 3.8) is 0 Å². The Kier molecular flexibility index (Phi) is 10.5. The standard InChI is InChI=1S/C33H38N4O8/c1-18(2)28-33(42)35-19(3)30(39)36-25(32(41)34-17-21-7-6-8-27(43-4)29(21)44-5)15-20-9-11-22(12-10-20)45-23-13-14-26(38)24(16-23)31(40)37-28/h6-14,16,18-19,25,28,38H,15,17H2,1-5H3,(H,34,41)(H,35,42)(H,36,39)(H,37,40)/t19-,25+,28-/m0/s1. The van der Waals surface area contributed by atoms with Gasteiger partial charge in [0.05, 0.1) is 19.8 Å². The number of para-hydroxylation sites is 1. The second-order valence-corrected chi connectivity index (χ2v) is 11.0. The number of methoxy groups -OCH3 is 2. The molecule has 5 N–H and O–H groups in total. The van der Waals surface area contributed by atoms with Gasteiger partial charge in [0.25, 0.3) is 5.91 Å². The second kappa shape index (κ2) is 14.5. The van der Waals surface area contributed by atoms with E-state index in [-0.39, 0.29) is 30.2 Å². The van der Waals surface area contributed by atoms with Gasteiger partial charge in [-0.05, 0) is 54.8 Å². The van der Waals surface area contributed by atoms with Crippen LogP contribution in [0.25, 0.3) is 0 Å². The average molecular weight is 619 g/mol. The largest absolute Gasteiger partial charge is 0.507 e. The number of aromatic hydroxyl groups is 1. The predicted octanol–water partition coefficient (Wildman–Crippen LogP) is 2.82. The summed E-state index contributed by atoms with van der Waals surface area (Å²) in [6.45, 7) is 5.07. The predicted molar refractivity (Wildman–Crippen MR) is 165 cm³/mol. The van der Waals surface area contributed by atoms with E-state index in [9.17, 15) is 24.3 Å². The maximum absolute atomic E-state index is 13.5. The van der Waals surface area contributed by atoms with Crippen LogP contribution in [0.1, 0.15) is 42.3 Å². The molecule has 0 saturated heterocycles. The Morgan fingerprint density at radius 1 is 0.956 bits per heavy atom. The highest BCUT2D eigenvalue weighted by Gasteiger charge is 2.30. The minimum Gasteiger partial charge on any atom is -0.507 e. The molecule has 12 nitrogen and oxygen atoms in total. The number of hydrogen-bond acceptors (Lipinski definition) is 8. The first-order valence-electron chi connectivity index (χ1n) is 14.5. The molecular formula is C33H38N4O8. The molecule has 0 fully saturated rings. The van der Waals surface area contributed by atoms with Gasteiger partial charge in [0.15, 0.2) is 11.5 Å². The zero-order valence-corrected chi connectivity index (χ0v) is 25.8. The van der Waals surface area contributed by atoms with Gasteiger partial charge in [-0.1, -0.05) is 38.1 Å². The number of ether oxygens (including phenoxy) is 3. The van der Waals surface area contributed by atoms with Crippen LogP contribution in [0, 0.1) is 5.92 Å². The number of carbonyl (C=O) groups is 4. The summed E-state index contributed by atoms with van der Waals surface area (Å²) in [7, 11) is 3.03. The summed E-state index contributed by atoms with van der Waals surface area (Å²) in [6.07, 6.45) is 0.141. The summed E-state index contributed by atoms with van der Waals surface area (Å²) in [5.74, 6) is -1.25. The van der Waals surface area contributed by atoms with E-state index in [1.165, 1.54) is 39.3 Å². The second-order valence-electron chi connectivity index (χ2n) is 11.0. The van der Waals surface area contributed by atoms with E-state index in [0.717, 1.165) is 5.56 Å². The highest BCUT2D eigenvalue weighted by atomic mass is 16.5. The van der Waals surface area contributed by atoms with Gasteiger partial charge in [0.1, 0.15) is 35.4 Å². The Bertz CT molecular complexity index is 1560. The molecule has 5 rings (SSSR count). The minimum atomic E-state index is -1.05. The van der Waals surface area contributed by atoms with Crippen molar-refractivity contribution in [2.45, 2.75) is 51.9 Å². The van der Waals surface area contributed by atoms with E-state index >= 15 is 0 Å². The van der Waals surface area contributed by atoms with E-state index in [1.807, 2.05) is 0 Å². The number of amides is 4. The van der Waals surface area contributed by atoms with Crippen LogP contribution in [0.5, 0.6) is 28.7 Å². The molecule has 4 bridgehead atoms. The SMILES string of the molecule is COc1cccc(CNC(=O)[C@H]2Cc3ccc(cc3)Oc3ccc(O)c(c3)C(=O)N[C@@H](C(C)C)C(=O)N[C@@H](C)C(=O)N2)c1OC. The molecule has 3 atom stereocenters. The van der Waals surface area contributed by atoms with Crippen LogP contribution in [0.3, 0.4) is 0 Å². The molecule has 2 heterocycles. The topological polar surface area (TPSA) is 164 Å². The summed E-state index contributed by atoms with van der Waals surface area (Å²) in [5.41, 5.74) is 1.33. The van der Waals surface area contributed by atoms with Crippen molar-refractivity contribution in [3.8, 4) is 28.7 Å². The Balaban J connectivity index is 1.64. The first-order valence-corrected chi connectivity index (χ1v) is 14.5. The summed E-state index contributed by atoms with van der Waals surface area (Å²) >= 11 is 0. The van der Waals surface area contributed by atoms with Crippen molar-refractivity contribution >= 4 is 23.6 Å². The molecule has 45 heavy (non-hydrogen) atoms. The van der Waals surface area contributed by atoms with Crippen LogP contribution in [0.4, 0.5) is 0 Å². The van der Waals surface area contributed by atoms with Crippen molar-refractivity contribution in [1.29, 1.82) is 0 Å². The molecule has 2 aliphatic rings. The van der Waals surface area contributed by atoms with Crippen LogP contribution >= 0.6 is 0 Å². The van der Waals surface area contributed by atoms with Crippen molar-refractivity contribution in [2.24, 2.45) is 5.92 Å². The summed E-state index contributed by atoms with van der Waals surface area (Å²) in [5, 5.41) is 21.3.